The lowest BCUT2D eigenvalue weighted by molar-refractivity contribution is 0.473. The lowest BCUT2D eigenvalue weighted by Crippen LogP contribution is -2.02. The minimum atomic E-state index is -1.25. The number of phenolic OH excluding ortho intramolecular Hbond substituents is 1. The fourth-order valence-corrected chi connectivity index (χ4v) is 3.83. The maximum Gasteiger partial charge on any atom is 0.130 e. The van der Waals surface area contributed by atoms with E-state index in [-0.39, 0.29) is 11.6 Å². The molecule has 0 aliphatic carbocycles. The molecular formula is C16H13BrFNO2S. The molecule has 1 aromatic heterocycles. The van der Waals surface area contributed by atoms with Crippen LogP contribution in [0.1, 0.15) is 5.69 Å². The maximum absolute atomic E-state index is 12.9. The Hall–Kier alpha value is -1.66. The number of aromatic hydroxyl groups is 1. The molecule has 3 nitrogen and oxygen atoms in total. The van der Waals surface area contributed by atoms with Crippen LogP contribution in [-0.2, 0) is 23.6 Å². The smallest absolute Gasteiger partial charge is 0.130 e. The summed E-state index contributed by atoms with van der Waals surface area (Å²) in [6.07, 6.45) is 0. The number of nitrogens with zero attached hydrogens (tertiary/aromatic N) is 1. The van der Waals surface area contributed by atoms with Gasteiger partial charge in [0.1, 0.15) is 11.6 Å². The first-order chi connectivity index (χ1) is 10.5. The second-order valence-corrected chi connectivity index (χ2v) is 7.31. The first-order valence-electron chi connectivity index (χ1n) is 6.56. The molecule has 0 bridgehead atoms. The summed E-state index contributed by atoms with van der Waals surface area (Å²) in [5, 5.41) is 10.6. The fourth-order valence-electron chi connectivity index (χ4n) is 2.35. The van der Waals surface area contributed by atoms with Gasteiger partial charge in [-0.3, -0.25) is 4.21 Å². The maximum atomic E-state index is 12.9. The monoisotopic (exact) mass is 381 g/mol. The van der Waals surface area contributed by atoms with Crippen LogP contribution >= 0.6 is 15.9 Å². The van der Waals surface area contributed by atoms with Crippen molar-refractivity contribution in [1.82, 2.24) is 4.57 Å². The summed E-state index contributed by atoms with van der Waals surface area (Å²) >= 11 is 3.30. The third kappa shape index (κ3) is 2.80. The van der Waals surface area contributed by atoms with Gasteiger partial charge < -0.3 is 9.67 Å². The highest BCUT2D eigenvalue weighted by Gasteiger charge is 2.12. The molecule has 0 saturated carbocycles. The second-order valence-electron chi connectivity index (χ2n) is 5.00. The molecule has 0 amide bonds. The van der Waals surface area contributed by atoms with Crippen LogP contribution in [0.25, 0.3) is 10.9 Å². The normalized spacial score (nSPS) is 12.7. The topological polar surface area (TPSA) is 42.2 Å². The first kappa shape index (κ1) is 15.2. The Morgan fingerprint density at radius 3 is 2.59 bits per heavy atom. The summed E-state index contributed by atoms with van der Waals surface area (Å²) in [4.78, 5) is 0.593. The van der Waals surface area contributed by atoms with E-state index in [1.54, 1.807) is 6.07 Å². The average molecular weight is 382 g/mol. The SMILES string of the molecule is Cn1c(CS(=O)c2ccc(F)cc2)cc2cc(O)c(Br)cc21. The summed E-state index contributed by atoms with van der Waals surface area (Å²) < 4.78 is 27.9. The highest BCUT2D eigenvalue weighted by molar-refractivity contribution is 9.10. The minimum absolute atomic E-state index is 0.171. The second kappa shape index (κ2) is 5.85. The Morgan fingerprint density at radius 1 is 1.23 bits per heavy atom. The van der Waals surface area contributed by atoms with Gasteiger partial charge in [-0.1, -0.05) is 0 Å². The predicted octanol–water partition coefficient (Wildman–Crippen LogP) is 4.09. The number of phenols is 1. The van der Waals surface area contributed by atoms with Gasteiger partial charge in [-0.2, -0.15) is 0 Å². The zero-order valence-corrected chi connectivity index (χ0v) is 14.1. The lowest BCUT2D eigenvalue weighted by atomic mass is 10.2. The van der Waals surface area contributed by atoms with Gasteiger partial charge in [-0.25, -0.2) is 4.39 Å². The van der Waals surface area contributed by atoms with Crippen molar-refractivity contribution in [3.63, 3.8) is 0 Å². The van der Waals surface area contributed by atoms with Crippen LogP contribution in [0.15, 0.2) is 51.8 Å². The van der Waals surface area contributed by atoms with Crippen molar-refractivity contribution in [2.24, 2.45) is 7.05 Å². The Labute approximate surface area is 138 Å². The number of benzene rings is 2. The number of halogens is 2. The molecule has 2 aromatic carbocycles. The zero-order valence-electron chi connectivity index (χ0n) is 11.7. The molecular weight excluding hydrogens is 369 g/mol. The number of hydrogen-bond acceptors (Lipinski definition) is 2. The number of fused-ring (bicyclic) bond motifs is 1. The van der Waals surface area contributed by atoms with Crippen LogP contribution in [0, 0.1) is 5.82 Å². The zero-order chi connectivity index (χ0) is 15.9. The van der Waals surface area contributed by atoms with E-state index in [1.165, 1.54) is 24.3 Å². The van der Waals surface area contributed by atoms with Crippen molar-refractivity contribution in [3.05, 3.63) is 58.4 Å². The van der Waals surface area contributed by atoms with Crippen LogP contribution < -0.4 is 0 Å². The van der Waals surface area contributed by atoms with Crippen LogP contribution in [0.3, 0.4) is 0 Å². The Morgan fingerprint density at radius 2 is 1.91 bits per heavy atom. The molecule has 114 valence electrons. The van der Waals surface area contributed by atoms with Gasteiger partial charge in [-0.15, -0.1) is 0 Å². The quantitative estimate of drug-likeness (QED) is 0.742. The highest BCUT2D eigenvalue weighted by Crippen LogP contribution is 2.31. The Kier molecular flexibility index (Phi) is 4.06. The molecule has 0 radical (unpaired) electrons. The lowest BCUT2D eigenvalue weighted by Gasteiger charge is -2.05. The minimum Gasteiger partial charge on any atom is -0.507 e. The summed E-state index contributed by atoms with van der Waals surface area (Å²) in [6.45, 7) is 0. The number of aromatic nitrogens is 1. The van der Waals surface area contributed by atoms with Gasteiger partial charge in [0, 0.05) is 28.5 Å². The van der Waals surface area contributed by atoms with Crippen molar-refractivity contribution in [2.45, 2.75) is 10.6 Å². The fraction of sp³-hybridized carbons (Fsp3) is 0.125. The van der Waals surface area contributed by atoms with E-state index in [0.717, 1.165) is 16.6 Å². The Bertz CT molecular complexity index is 874. The van der Waals surface area contributed by atoms with Crippen LogP contribution in [-0.4, -0.2) is 13.9 Å². The molecule has 22 heavy (non-hydrogen) atoms. The predicted molar refractivity (Wildman–Crippen MR) is 88.8 cm³/mol. The van der Waals surface area contributed by atoms with Gasteiger partial charge in [0.25, 0.3) is 0 Å². The summed E-state index contributed by atoms with van der Waals surface area (Å²) in [6, 6.07) is 11.1. The van der Waals surface area contributed by atoms with E-state index < -0.39 is 10.8 Å². The Balaban J connectivity index is 1.95. The van der Waals surface area contributed by atoms with Gasteiger partial charge in [0.15, 0.2) is 0 Å². The first-order valence-corrected chi connectivity index (χ1v) is 8.67. The van der Waals surface area contributed by atoms with Gasteiger partial charge in [-0.05, 0) is 58.4 Å². The third-order valence-electron chi connectivity index (χ3n) is 3.57. The standard InChI is InChI=1S/C16H13BrFNO2S/c1-19-12(6-10-7-16(20)14(17)8-15(10)19)9-22(21)13-4-2-11(18)3-5-13/h2-8,20H,9H2,1H3. The van der Waals surface area contributed by atoms with Crippen molar-refractivity contribution >= 4 is 37.6 Å². The molecule has 0 aliphatic rings. The van der Waals surface area contributed by atoms with E-state index in [0.29, 0.717) is 15.1 Å². The van der Waals surface area contributed by atoms with Crippen LogP contribution in [0.4, 0.5) is 4.39 Å². The van der Waals surface area contributed by atoms with E-state index in [1.807, 2.05) is 23.7 Å². The number of hydrogen-bond donors (Lipinski definition) is 1. The van der Waals surface area contributed by atoms with Crippen molar-refractivity contribution in [1.29, 1.82) is 0 Å². The number of rotatable bonds is 3. The van der Waals surface area contributed by atoms with E-state index >= 15 is 0 Å². The van der Waals surface area contributed by atoms with Crippen LogP contribution in [0.5, 0.6) is 5.75 Å². The largest absolute Gasteiger partial charge is 0.507 e. The molecule has 0 aliphatic heterocycles. The third-order valence-corrected chi connectivity index (χ3v) is 5.56. The van der Waals surface area contributed by atoms with Crippen molar-refractivity contribution in [3.8, 4) is 5.75 Å². The summed E-state index contributed by atoms with van der Waals surface area (Å²) in [7, 11) is 0.640. The van der Waals surface area contributed by atoms with Gasteiger partial charge in [0.2, 0.25) is 0 Å². The van der Waals surface area contributed by atoms with Crippen molar-refractivity contribution < 1.29 is 13.7 Å². The van der Waals surface area contributed by atoms with Crippen LogP contribution in [0.2, 0.25) is 0 Å². The van der Waals surface area contributed by atoms with E-state index in [2.05, 4.69) is 15.9 Å². The summed E-state index contributed by atoms with van der Waals surface area (Å²) in [5.41, 5.74) is 1.82. The molecule has 6 heteroatoms. The van der Waals surface area contributed by atoms with Crippen molar-refractivity contribution in [2.75, 3.05) is 0 Å². The molecule has 0 spiro atoms. The van der Waals surface area contributed by atoms with E-state index in [9.17, 15) is 13.7 Å². The van der Waals surface area contributed by atoms with Gasteiger partial charge in [0.05, 0.1) is 21.0 Å². The summed E-state index contributed by atoms with van der Waals surface area (Å²) in [5.74, 6) is 0.157. The van der Waals surface area contributed by atoms with E-state index in [4.69, 9.17) is 0 Å². The highest BCUT2D eigenvalue weighted by atomic mass is 79.9. The van der Waals surface area contributed by atoms with Gasteiger partial charge >= 0.3 is 0 Å². The molecule has 3 aromatic rings. The molecule has 1 unspecified atom stereocenters. The average Bonchev–Trinajstić information content (AvgIpc) is 2.77. The molecule has 1 heterocycles. The molecule has 1 N–H and O–H groups in total. The molecule has 0 fully saturated rings. The molecule has 3 rings (SSSR count). The molecule has 0 saturated heterocycles. The molecule has 1 atom stereocenters. The number of aryl methyl sites for hydroxylation is 1.